The van der Waals surface area contributed by atoms with Crippen LogP contribution in [0, 0.1) is 0 Å². The van der Waals surface area contributed by atoms with Gasteiger partial charge >= 0.3 is 0 Å². The molecule has 0 saturated carbocycles. The first-order valence-corrected chi connectivity index (χ1v) is 5.95. The molecule has 1 aromatic carbocycles. The van der Waals surface area contributed by atoms with Gasteiger partial charge < -0.3 is 4.74 Å². The lowest BCUT2D eigenvalue weighted by molar-refractivity contribution is 0.126. The van der Waals surface area contributed by atoms with Gasteiger partial charge in [0.25, 0.3) is 5.88 Å². The highest BCUT2D eigenvalue weighted by atomic mass is 16.5. The Morgan fingerprint density at radius 2 is 1.94 bits per heavy atom. The van der Waals surface area contributed by atoms with Gasteiger partial charge in [-0.15, -0.1) is 0 Å². The molecule has 0 aliphatic carbocycles. The second kappa shape index (κ2) is 3.70. The quantitative estimate of drug-likeness (QED) is 0.657. The van der Waals surface area contributed by atoms with Crippen LogP contribution in [0.5, 0.6) is 5.88 Å². The van der Waals surface area contributed by atoms with E-state index in [0.29, 0.717) is 5.88 Å². The number of ether oxygens (including phenoxy) is 1. The smallest absolute Gasteiger partial charge is 0.259 e. The van der Waals surface area contributed by atoms with E-state index in [1.54, 1.807) is 6.20 Å². The van der Waals surface area contributed by atoms with Crippen LogP contribution in [-0.4, -0.2) is 20.0 Å². The van der Waals surface area contributed by atoms with E-state index in [2.05, 4.69) is 9.97 Å². The van der Waals surface area contributed by atoms with E-state index in [9.17, 15) is 0 Å². The normalized spacial score (nSPS) is 12.2. The Hall–Kier alpha value is -2.10. The van der Waals surface area contributed by atoms with Crippen molar-refractivity contribution in [2.75, 3.05) is 0 Å². The summed E-state index contributed by atoms with van der Waals surface area (Å²) in [5, 5.41) is 0. The maximum Gasteiger partial charge on any atom is 0.259 e. The zero-order valence-corrected chi connectivity index (χ0v) is 10.7. The highest BCUT2D eigenvalue weighted by Crippen LogP contribution is 2.24. The molecule has 0 aliphatic heterocycles. The van der Waals surface area contributed by atoms with Gasteiger partial charge in [-0.1, -0.05) is 12.1 Å². The number of imidazole rings is 1. The van der Waals surface area contributed by atoms with Gasteiger partial charge in [-0.25, -0.2) is 9.97 Å². The number of fused-ring (bicyclic) bond motifs is 3. The highest BCUT2D eigenvalue weighted by Gasteiger charge is 2.17. The van der Waals surface area contributed by atoms with Gasteiger partial charge in [-0.3, -0.25) is 4.40 Å². The minimum Gasteiger partial charge on any atom is -0.469 e. The Morgan fingerprint density at radius 1 is 1.17 bits per heavy atom. The Kier molecular flexibility index (Phi) is 2.26. The predicted molar refractivity (Wildman–Crippen MR) is 70.9 cm³/mol. The molecule has 18 heavy (non-hydrogen) atoms. The molecule has 0 radical (unpaired) electrons. The molecule has 3 aromatic rings. The average Bonchev–Trinajstić information content (AvgIpc) is 2.76. The van der Waals surface area contributed by atoms with Crippen LogP contribution in [0.2, 0.25) is 0 Å². The van der Waals surface area contributed by atoms with Gasteiger partial charge in [0.1, 0.15) is 5.60 Å². The SMILES string of the molecule is CC(C)(C)Oc1nc2ccccc2n2ccnc12. The Morgan fingerprint density at radius 3 is 2.72 bits per heavy atom. The minimum atomic E-state index is -0.290. The summed E-state index contributed by atoms with van der Waals surface area (Å²) < 4.78 is 7.89. The van der Waals surface area contributed by atoms with Crippen LogP contribution in [0.4, 0.5) is 0 Å². The van der Waals surface area contributed by atoms with Crippen molar-refractivity contribution in [2.45, 2.75) is 26.4 Å². The molecule has 0 N–H and O–H groups in total. The van der Waals surface area contributed by atoms with Crippen LogP contribution < -0.4 is 4.74 Å². The molecular formula is C14H15N3O. The number of aromatic nitrogens is 3. The van der Waals surface area contributed by atoms with Crippen molar-refractivity contribution in [1.82, 2.24) is 14.4 Å². The third-order valence-electron chi connectivity index (χ3n) is 2.60. The third-order valence-corrected chi connectivity index (χ3v) is 2.60. The Labute approximate surface area is 105 Å². The number of nitrogens with zero attached hydrogens (tertiary/aromatic N) is 3. The molecule has 0 unspecified atom stereocenters. The van der Waals surface area contributed by atoms with Gasteiger partial charge in [0, 0.05) is 12.4 Å². The zero-order valence-electron chi connectivity index (χ0n) is 10.7. The second-order valence-electron chi connectivity index (χ2n) is 5.24. The van der Waals surface area contributed by atoms with Crippen LogP contribution in [0.3, 0.4) is 0 Å². The standard InChI is InChI=1S/C14H15N3O/c1-14(2,3)18-13-12-15-8-9-17(12)11-7-5-4-6-10(11)16-13/h4-9H,1-3H3. The Bertz CT molecular complexity index is 710. The first kappa shape index (κ1) is 11.0. The molecule has 0 aliphatic rings. The number of rotatable bonds is 1. The summed E-state index contributed by atoms with van der Waals surface area (Å²) >= 11 is 0. The maximum absolute atomic E-state index is 5.89. The van der Waals surface area contributed by atoms with E-state index >= 15 is 0 Å². The van der Waals surface area contributed by atoms with Crippen LogP contribution in [0.15, 0.2) is 36.7 Å². The molecule has 0 atom stereocenters. The first-order chi connectivity index (χ1) is 8.54. The molecule has 3 rings (SSSR count). The molecule has 92 valence electrons. The second-order valence-corrected chi connectivity index (χ2v) is 5.24. The van der Waals surface area contributed by atoms with Crippen molar-refractivity contribution >= 4 is 16.7 Å². The van der Waals surface area contributed by atoms with Crippen molar-refractivity contribution in [1.29, 1.82) is 0 Å². The van der Waals surface area contributed by atoms with Crippen molar-refractivity contribution in [3.05, 3.63) is 36.7 Å². The number of benzene rings is 1. The Balaban J connectivity index is 2.32. The van der Waals surface area contributed by atoms with Crippen LogP contribution in [-0.2, 0) is 0 Å². The summed E-state index contributed by atoms with van der Waals surface area (Å²) in [4.78, 5) is 8.88. The van der Waals surface area contributed by atoms with Crippen LogP contribution >= 0.6 is 0 Å². The molecule has 2 heterocycles. The summed E-state index contributed by atoms with van der Waals surface area (Å²) in [6, 6.07) is 7.97. The maximum atomic E-state index is 5.89. The third kappa shape index (κ3) is 1.79. The van der Waals surface area contributed by atoms with Crippen LogP contribution in [0.1, 0.15) is 20.8 Å². The first-order valence-electron chi connectivity index (χ1n) is 5.95. The van der Waals surface area contributed by atoms with Gasteiger partial charge in [0.15, 0.2) is 0 Å². The molecule has 2 aromatic heterocycles. The van der Waals surface area contributed by atoms with Gasteiger partial charge in [-0.2, -0.15) is 0 Å². The molecule has 4 nitrogen and oxygen atoms in total. The summed E-state index contributed by atoms with van der Waals surface area (Å²) in [5.74, 6) is 0.575. The van der Waals surface area contributed by atoms with Crippen molar-refractivity contribution < 1.29 is 4.74 Å². The summed E-state index contributed by atoms with van der Waals surface area (Å²) in [6.45, 7) is 6.01. The van der Waals surface area contributed by atoms with Crippen molar-refractivity contribution in [3.8, 4) is 5.88 Å². The molecule has 4 heteroatoms. The molecule has 0 saturated heterocycles. The fraction of sp³-hybridized carbons (Fsp3) is 0.286. The number of para-hydroxylation sites is 2. The summed E-state index contributed by atoms with van der Waals surface area (Å²) in [5.41, 5.74) is 2.40. The van der Waals surface area contributed by atoms with E-state index in [-0.39, 0.29) is 5.60 Å². The van der Waals surface area contributed by atoms with Crippen molar-refractivity contribution in [3.63, 3.8) is 0 Å². The van der Waals surface area contributed by atoms with E-state index < -0.39 is 0 Å². The average molecular weight is 241 g/mol. The molecule has 0 amide bonds. The lowest BCUT2D eigenvalue weighted by Crippen LogP contribution is -2.24. The molecule has 0 spiro atoms. The zero-order chi connectivity index (χ0) is 12.8. The number of hydrogen-bond donors (Lipinski definition) is 0. The van der Waals surface area contributed by atoms with E-state index in [1.807, 2.05) is 55.6 Å². The summed E-state index contributed by atoms with van der Waals surface area (Å²) in [7, 11) is 0. The largest absolute Gasteiger partial charge is 0.469 e. The van der Waals surface area contributed by atoms with Crippen molar-refractivity contribution in [2.24, 2.45) is 0 Å². The fourth-order valence-electron chi connectivity index (χ4n) is 1.94. The lowest BCUT2D eigenvalue weighted by Gasteiger charge is -2.20. The van der Waals surface area contributed by atoms with E-state index in [0.717, 1.165) is 16.7 Å². The van der Waals surface area contributed by atoms with Crippen LogP contribution in [0.25, 0.3) is 16.7 Å². The highest BCUT2D eigenvalue weighted by molar-refractivity contribution is 5.79. The minimum absolute atomic E-state index is 0.290. The molecular weight excluding hydrogens is 226 g/mol. The topological polar surface area (TPSA) is 39.4 Å². The monoisotopic (exact) mass is 241 g/mol. The lowest BCUT2D eigenvalue weighted by atomic mass is 10.2. The predicted octanol–water partition coefficient (Wildman–Crippen LogP) is 3.06. The molecule has 0 bridgehead atoms. The number of hydrogen-bond acceptors (Lipinski definition) is 3. The van der Waals surface area contributed by atoms with Gasteiger partial charge in [0.2, 0.25) is 5.65 Å². The van der Waals surface area contributed by atoms with E-state index in [4.69, 9.17) is 4.74 Å². The fourth-order valence-corrected chi connectivity index (χ4v) is 1.94. The summed E-state index contributed by atoms with van der Waals surface area (Å²) in [6.07, 6.45) is 3.69. The van der Waals surface area contributed by atoms with E-state index in [1.165, 1.54) is 0 Å². The van der Waals surface area contributed by atoms with Gasteiger partial charge in [0.05, 0.1) is 11.0 Å². The van der Waals surface area contributed by atoms with Gasteiger partial charge in [-0.05, 0) is 32.9 Å². The molecule has 0 fully saturated rings.